The van der Waals surface area contributed by atoms with Gasteiger partial charge in [-0.15, -0.1) is 0 Å². The van der Waals surface area contributed by atoms with Gasteiger partial charge in [-0.3, -0.25) is 14.4 Å². The van der Waals surface area contributed by atoms with Crippen molar-refractivity contribution in [3.63, 3.8) is 0 Å². The molecule has 244 valence electrons. The van der Waals surface area contributed by atoms with Crippen molar-refractivity contribution in [2.45, 2.75) is 90.1 Å². The summed E-state index contributed by atoms with van der Waals surface area (Å²) in [6, 6.07) is 9.64. The van der Waals surface area contributed by atoms with E-state index in [-0.39, 0.29) is 41.4 Å². The first kappa shape index (κ1) is 33.5. The number of esters is 3. The third-order valence-corrected chi connectivity index (χ3v) is 7.85. The molecule has 12 nitrogen and oxygen atoms in total. The van der Waals surface area contributed by atoms with Gasteiger partial charge in [-0.1, -0.05) is 44.9 Å². The van der Waals surface area contributed by atoms with Crippen molar-refractivity contribution in [1.29, 1.82) is 0 Å². The quantitative estimate of drug-likeness (QED) is 0.215. The highest BCUT2D eigenvalue weighted by Gasteiger charge is 2.40. The van der Waals surface area contributed by atoms with Gasteiger partial charge in [0, 0.05) is 12.3 Å². The molecule has 4 atom stereocenters. The van der Waals surface area contributed by atoms with E-state index < -0.39 is 49.0 Å². The Hall–Kier alpha value is -4.35. The molecule has 1 aromatic heterocycles. The lowest BCUT2D eigenvalue weighted by molar-refractivity contribution is -0.177. The molecule has 2 aliphatic rings. The molecular weight excluding hydrogens is 584 g/mol. The van der Waals surface area contributed by atoms with Crippen LogP contribution in [-0.2, 0) is 28.6 Å². The first-order chi connectivity index (χ1) is 21.7. The van der Waals surface area contributed by atoms with Gasteiger partial charge in [0.1, 0.15) is 24.0 Å². The molecule has 1 aliphatic carbocycles. The zero-order valence-electron chi connectivity index (χ0n) is 26.2. The fourth-order valence-corrected chi connectivity index (χ4v) is 5.37. The molecule has 1 aromatic carbocycles. The van der Waals surface area contributed by atoms with Crippen LogP contribution in [0.2, 0.25) is 0 Å². The third-order valence-electron chi connectivity index (χ3n) is 7.85. The van der Waals surface area contributed by atoms with E-state index in [1.54, 1.807) is 20.8 Å². The Morgan fingerprint density at radius 2 is 1.76 bits per heavy atom. The summed E-state index contributed by atoms with van der Waals surface area (Å²) in [5.41, 5.74) is -0.163. The number of carbonyl (C=O) groups excluding carboxylic acids is 4. The number of cyclic esters (lactones) is 1. The van der Waals surface area contributed by atoms with Crippen LogP contribution in [0.5, 0.6) is 17.2 Å². The second kappa shape index (κ2) is 16.1. The second-order valence-corrected chi connectivity index (χ2v) is 11.5. The minimum atomic E-state index is -1.04. The van der Waals surface area contributed by atoms with E-state index in [0.717, 1.165) is 25.7 Å². The molecule has 1 amide bonds. The molecule has 0 radical (unpaired) electrons. The summed E-state index contributed by atoms with van der Waals surface area (Å²) >= 11 is 0. The second-order valence-electron chi connectivity index (χ2n) is 11.5. The number of hydrogen-bond donors (Lipinski definition) is 1. The lowest BCUT2D eigenvalue weighted by Crippen LogP contribution is -2.47. The van der Waals surface area contributed by atoms with Gasteiger partial charge in [-0.2, -0.15) is 0 Å². The van der Waals surface area contributed by atoms with Crippen LogP contribution in [0, 0.1) is 11.8 Å². The standard InChI is InChI=1S/C33H42N2O10/c1-20(2)31(37)42-19-41-29-25(40-4)17-18-34-27(29)30(36)35-24-15-10-16-26(44-23-13-6-5-7-14-23)28(21(3)43-33(24)39)45-32(38)22-11-8-9-12-22/h5-7,13-14,17-18,20-22,24,26,28H,8-12,15-16,19H2,1-4H3,(H,35,36). The topological polar surface area (TPSA) is 149 Å². The van der Waals surface area contributed by atoms with Crippen LogP contribution in [-0.4, -0.2) is 67.1 Å². The van der Waals surface area contributed by atoms with E-state index in [1.165, 1.54) is 19.4 Å². The smallest absolute Gasteiger partial charge is 0.329 e. The normalized spacial score (nSPS) is 22.3. The van der Waals surface area contributed by atoms with E-state index in [4.69, 9.17) is 28.4 Å². The average molecular weight is 627 g/mol. The van der Waals surface area contributed by atoms with Gasteiger partial charge in [0.2, 0.25) is 6.79 Å². The number of ether oxygens (including phenoxy) is 6. The highest BCUT2D eigenvalue weighted by molar-refractivity contribution is 5.98. The number of aromatic nitrogens is 1. The molecule has 1 saturated heterocycles. The highest BCUT2D eigenvalue weighted by atomic mass is 16.7. The Bertz CT molecular complexity index is 1310. The van der Waals surface area contributed by atoms with Crippen LogP contribution in [0.1, 0.15) is 76.2 Å². The lowest BCUT2D eigenvalue weighted by Gasteiger charge is -2.31. The highest BCUT2D eigenvalue weighted by Crippen LogP contribution is 2.31. The number of para-hydroxylation sites is 1. The summed E-state index contributed by atoms with van der Waals surface area (Å²) < 4.78 is 34.1. The van der Waals surface area contributed by atoms with Crippen molar-refractivity contribution >= 4 is 23.8 Å². The van der Waals surface area contributed by atoms with Crippen LogP contribution in [0.3, 0.4) is 0 Å². The van der Waals surface area contributed by atoms with Crippen LogP contribution < -0.4 is 19.5 Å². The molecular formula is C33H42N2O10. The van der Waals surface area contributed by atoms with Gasteiger partial charge in [-0.25, -0.2) is 9.78 Å². The largest absolute Gasteiger partial charge is 0.493 e. The molecule has 0 bridgehead atoms. The van der Waals surface area contributed by atoms with Crippen molar-refractivity contribution in [3.05, 3.63) is 48.3 Å². The summed E-state index contributed by atoms with van der Waals surface area (Å²) in [4.78, 5) is 56.0. The SMILES string of the molecule is COc1ccnc(C(=O)NC2CCCC(Oc3ccccc3)C(OC(=O)C3CCCC3)C(C)OC2=O)c1OCOC(=O)C(C)C. The van der Waals surface area contributed by atoms with Gasteiger partial charge in [-0.05, 0) is 51.2 Å². The first-order valence-electron chi connectivity index (χ1n) is 15.4. The van der Waals surface area contributed by atoms with Crippen molar-refractivity contribution in [3.8, 4) is 17.2 Å². The van der Waals surface area contributed by atoms with E-state index in [0.29, 0.717) is 18.6 Å². The number of nitrogens with zero attached hydrogens (tertiary/aromatic N) is 1. The molecule has 1 aliphatic heterocycles. The molecule has 2 heterocycles. The molecule has 4 unspecified atom stereocenters. The zero-order chi connectivity index (χ0) is 32.3. The summed E-state index contributed by atoms with van der Waals surface area (Å²) in [6.45, 7) is 4.55. The van der Waals surface area contributed by atoms with Crippen LogP contribution in [0.25, 0.3) is 0 Å². The number of methoxy groups -OCH3 is 1. The summed E-state index contributed by atoms with van der Waals surface area (Å²) in [6.07, 6.45) is 3.62. The van der Waals surface area contributed by atoms with Crippen molar-refractivity contribution in [2.24, 2.45) is 11.8 Å². The third kappa shape index (κ3) is 9.09. The Labute approximate surface area is 263 Å². The lowest BCUT2D eigenvalue weighted by atomic mass is 10.0. The maximum absolute atomic E-state index is 13.5. The Morgan fingerprint density at radius 3 is 2.44 bits per heavy atom. The Kier molecular flexibility index (Phi) is 12.0. The van der Waals surface area contributed by atoms with E-state index >= 15 is 0 Å². The number of nitrogens with one attached hydrogen (secondary N) is 1. The first-order valence-corrected chi connectivity index (χ1v) is 15.4. The molecule has 4 rings (SSSR count). The van der Waals surface area contributed by atoms with Gasteiger partial charge in [0.05, 0.1) is 18.9 Å². The van der Waals surface area contributed by atoms with E-state index in [1.807, 2.05) is 30.3 Å². The Morgan fingerprint density at radius 1 is 1.02 bits per heavy atom. The van der Waals surface area contributed by atoms with E-state index in [9.17, 15) is 19.2 Å². The molecule has 2 aromatic rings. The summed E-state index contributed by atoms with van der Waals surface area (Å²) in [7, 11) is 1.39. The monoisotopic (exact) mass is 626 g/mol. The molecule has 1 saturated carbocycles. The zero-order valence-corrected chi connectivity index (χ0v) is 26.2. The molecule has 2 fully saturated rings. The number of amides is 1. The number of pyridine rings is 1. The molecule has 0 spiro atoms. The predicted octanol–water partition coefficient (Wildman–Crippen LogP) is 4.39. The molecule has 45 heavy (non-hydrogen) atoms. The number of hydrogen-bond acceptors (Lipinski definition) is 11. The average Bonchev–Trinajstić information content (AvgIpc) is 3.59. The minimum Gasteiger partial charge on any atom is -0.493 e. The maximum atomic E-state index is 13.5. The van der Waals surface area contributed by atoms with Crippen LogP contribution in [0.15, 0.2) is 42.6 Å². The Balaban J connectivity index is 1.51. The van der Waals surface area contributed by atoms with Crippen LogP contribution in [0.4, 0.5) is 0 Å². The van der Waals surface area contributed by atoms with Gasteiger partial charge in [0.25, 0.3) is 5.91 Å². The summed E-state index contributed by atoms with van der Waals surface area (Å²) in [5, 5.41) is 2.71. The molecule has 1 N–H and O–H groups in total. The predicted molar refractivity (Wildman–Crippen MR) is 161 cm³/mol. The number of rotatable bonds is 11. The van der Waals surface area contributed by atoms with Gasteiger partial charge in [0.15, 0.2) is 23.3 Å². The van der Waals surface area contributed by atoms with Crippen molar-refractivity contribution in [1.82, 2.24) is 10.3 Å². The summed E-state index contributed by atoms with van der Waals surface area (Å²) in [5.74, 6) is -2.01. The van der Waals surface area contributed by atoms with Crippen LogP contribution >= 0.6 is 0 Å². The fraction of sp³-hybridized carbons (Fsp3) is 0.545. The number of benzene rings is 1. The minimum absolute atomic E-state index is 0.0472. The van der Waals surface area contributed by atoms with Crippen molar-refractivity contribution < 1.29 is 47.6 Å². The van der Waals surface area contributed by atoms with Gasteiger partial charge >= 0.3 is 17.9 Å². The maximum Gasteiger partial charge on any atom is 0.329 e. The van der Waals surface area contributed by atoms with Crippen molar-refractivity contribution in [2.75, 3.05) is 13.9 Å². The van der Waals surface area contributed by atoms with Gasteiger partial charge < -0.3 is 33.7 Å². The van der Waals surface area contributed by atoms with E-state index in [2.05, 4.69) is 10.3 Å². The fourth-order valence-electron chi connectivity index (χ4n) is 5.37. The molecule has 12 heteroatoms. The number of carbonyl (C=O) groups is 4.